The van der Waals surface area contributed by atoms with Gasteiger partial charge in [0.2, 0.25) is 0 Å². The van der Waals surface area contributed by atoms with Crippen molar-refractivity contribution in [1.82, 2.24) is 9.80 Å². The first-order valence-corrected chi connectivity index (χ1v) is 9.58. The molecule has 0 saturated carbocycles. The number of amides is 2. The molecule has 2 rings (SSSR count). The number of anilines is 1. The largest absolute Gasteiger partial charge is 0.481 e. The topological polar surface area (TPSA) is 72.9 Å². The summed E-state index contributed by atoms with van der Waals surface area (Å²) < 4.78 is 0. The summed E-state index contributed by atoms with van der Waals surface area (Å²) in [6, 6.07) is 9.33. The fraction of sp³-hybridized carbons (Fsp3) is 0.600. The molecule has 1 aromatic rings. The van der Waals surface area contributed by atoms with Crippen molar-refractivity contribution >= 4 is 17.7 Å². The molecular formula is C20H31N3O3. The SMILES string of the molecule is CCN(CC)CCC1CN(C(=O)Nc2ccccc2)CCC1CC(=O)O. The van der Waals surface area contributed by atoms with Crippen LogP contribution in [0.15, 0.2) is 30.3 Å². The number of urea groups is 1. The molecule has 26 heavy (non-hydrogen) atoms. The van der Waals surface area contributed by atoms with Gasteiger partial charge >= 0.3 is 12.0 Å². The molecule has 1 aliphatic heterocycles. The second-order valence-electron chi connectivity index (χ2n) is 6.96. The highest BCUT2D eigenvalue weighted by molar-refractivity contribution is 5.89. The van der Waals surface area contributed by atoms with Gasteiger partial charge in [-0.05, 0) is 56.4 Å². The first-order chi connectivity index (χ1) is 12.5. The van der Waals surface area contributed by atoms with E-state index in [1.54, 1.807) is 0 Å². The lowest BCUT2D eigenvalue weighted by Crippen LogP contribution is -2.46. The minimum absolute atomic E-state index is 0.0992. The van der Waals surface area contributed by atoms with E-state index in [9.17, 15) is 14.7 Å². The fourth-order valence-corrected chi connectivity index (χ4v) is 3.70. The predicted molar refractivity (Wildman–Crippen MR) is 103 cm³/mol. The average Bonchev–Trinajstić information content (AvgIpc) is 2.64. The molecule has 0 aromatic heterocycles. The Hall–Kier alpha value is -2.08. The van der Waals surface area contributed by atoms with E-state index in [0.717, 1.165) is 38.2 Å². The Kier molecular flexibility index (Phi) is 7.91. The van der Waals surface area contributed by atoms with Crippen molar-refractivity contribution in [1.29, 1.82) is 0 Å². The van der Waals surface area contributed by atoms with Crippen molar-refractivity contribution in [2.75, 3.05) is 38.0 Å². The number of aliphatic carboxylic acids is 1. The number of benzene rings is 1. The number of hydrogen-bond donors (Lipinski definition) is 2. The number of carboxylic acids is 1. The van der Waals surface area contributed by atoms with E-state index < -0.39 is 5.97 Å². The molecule has 1 fully saturated rings. The third kappa shape index (κ3) is 6.02. The van der Waals surface area contributed by atoms with Gasteiger partial charge < -0.3 is 20.2 Å². The summed E-state index contributed by atoms with van der Waals surface area (Å²) in [6.07, 6.45) is 1.86. The highest BCUT2D eigenvalue weighted by Crippen LogP contribution is 2.30. The van der Waals surface area contributed by atoms with Gasteiger partial charge in [0.15, 0.2) is 0 Å². The van der Waals surface area contributed by atoms with Gasteiger partial charge in [0.25, 0.3) is 0 Å². The van der Waals surface area contributed by atoms with Crippen LogP contribution in [0.2, 0.25) is 0 Å². The monoisotopic (exact) mass is 361 g/mol. The number of para-hydroxylation sites is 1. The number of nitrogens with one attached hydrogen (secondary N) is 1. The van der Waals surface area contributed by atoms with Crippen LogP contribution in [0.4, 0.5) is 10.5 Å². The van der Waals surface area contributed by atoms with Gasteiger partial charge in [0.1, 0.15) is 0 Å². The average molecular weight is 361 g/mol. The second-order valence-corrected chi connectivity index (χ2v) is 6.96. The van der Waals surface area contributed by atoms with E-state index in [2.05, 4.69) is 24.1 Å². The van der Waals surface area contributed by atoms with Crippen LogP contribution in [0.25, 0.3) is 0 Å². The van der Waals surface area contributed by atoms with Crippen LogP contribution in [0, 0.1) is 11.8 Å². The smallest absolute Gasteiger partial charge is 0.321 e. The Bertz CT molecular complexity index is 575. The molecule has 1 aromatic carbocycles. The fourth-order valence-electron chi connectivity index (χ4n) is 3.70. The van der Waals surface area contributed by atoms with Crippen LogP contribution < -0.4 is 5.32 Å². The molecule has 1 heterocycles. The summed E-state index contributed by atoms with van der Waals surface area (Å²) in [5, 5.41) is 12.2. The Morgan fingerprint density at radius 3 is 2.50 bits per heavy atom. The minimum Gasteiger partial charge on any atom is -0.481 e. The maximum Gasteiger partial charge on any atom is 0.321 e. The molecule has 0 spiro atoms. The summed E-state index contributed by atoms with van der Waals surface area (Å²) >= 11 is 0. The van der Waals surface area contributed by atoms with E-state index in [-0.39, 0.29) is 24.3 Å². The van der Waals surface area contributed by atoms with Gasteiger partial charge in [-0.2, -0.15) is 0 Å². The summed E-state index contributed by atoms with van der Waals surface area (Å²) in [5.74, 6) is -0.379. The van der Waals surface area contributed by atoms with Crippen LogP contribution in [0.5, 0.6) is 0 Å². The number of carbonyl (C=O) groups excluding carboxylic acids is 1. The Morgan fingerprint density at radius 2 is 1.88 bits per heavy atom. The number of hydrogen-bond acceptors (Lipinski definition) is 3. The zero-order chi connectivity index (χ0) is 18.9. The molecule has 0 radical (unpaired) electrons. The number of piperidine rings is 1. The molecule has 0 bridgehead atoms. The van der Waals surface area contributed by atoms with Gasteiger partial charge in [0.05, 0.1) is 0 Å². The summed E-state index contributed by atoms with van der Waals surface area (Å²) in [5.41, 5.74) is 0.782. The summed E-state index contributed by atoms with van der Waals surface area (Å²) in [4.78, 5) is 28.0. The molecule has 1 saturated heterocycles. The van der Waals surface area contributed by atoms with Crippen LogP contribution in [0.1, 0.15) is 33.1 Å². The van der Waals surface area contributed by atoms with E-state index in [0.29, 0.717) is 13.1 Å². The lowest BCUT2D eigenvalue weighted by atomic mass is 9.81. The summed E-state index contributed by atoms with van der Waals surface area (Å²) in [6.45, 7) is 8.44. The quantitative estimate of drug-likeness (QED) is 0.745. The van der Waals surface area contributed by atoms with Gasteiger partial charge in [-0.1, -0.05) is 32.0 Å². The van der Waals surface area contributed by atoms with Crippen molar-refractivity contribution in [3.63, 3.8) is 0 Å². The minimum atomic E-state index is -0.745. The first-order valence-electron chi connectivity index (χ1n) is 9.58. The van der Waals surface area contributed by atoms with Crippen molar-refractivity contribution < 1.29 is 14.7 Å². The second kappa shape index (κ2) is 10.2. The van der Waals surface area contributed by atoms with Crippen molar-refractivity contribution in [2.24, 2.45) is 11.8 Å². The van der Waals surface area contributed by atoms with Gasteiger partial charge in [-0.15, -0.1) is 0 Å². The normalized spacial score (nSPS) is 20.2. The highest BCUT2D eigenvalue weighted by atomic mass is 16.4. The van der Waals surface area contributed by atoms with Crippen LogP contribution in [-0.2, 0) is 4.79 Å². The third-order valence-electron chi connectivity index (χ3n) is 5.35. The van der Waals surface area contributed by atoms with E-state index in [4.69, 9.17) is 0 Å². The van der Waals surface area contributed by atoms with Gasteiger partial charge in [-0.25, -0.2) is 4.79 Å². The van der Waals surface area contributed by atoms with Gasteiger partial charge in [0, 0.05) is 25.2 Å². The van der Waals surface area contributed by atoms with Crippen molar-refractivity contribution in [2.45, 2.75) is 33.1 Å². The molecule has 6 nitrogen and oxygen atoms in total. The molecule has 0 aliphatic carbocycles. The van der Waals surface area contributed by atoms with Crippen LogP contribution >= 0.6 is 0 Å². The number of rotatable bonds is 8. The van der Waals surface area contributed by atoms with E-state index >= 15 is 0 Å². The molecule has 2 amide bonds. The van der Waals surface area contributed by atoms with Crippen LogP contribution in [0.3, 0.4) is 0 Å². The molecule has 2 N–H and O–H groups in total. The lowest BCUT2D eigenvalue weighted by Gasteiger charge is -2.39. The number of nitrogens with zero attached hydrogens (tertiary/aromatic N) is 2. The Morgan fingerprint density at radius 1 is 1.19 bits per heavy atom. The molecule has 144 valence electrons. The number of carbonyl (C=O) groups is 2. The molecule has 2 atom stereocenters. The van der Waals surface area contributed by atoms with E-state index in [1.165, 1.54) is 0 Å². The standard InChI is InChI=1S/C20H31N3O3/c1-3-22(4-2)12-10-17-15-23(13-11-16(17)14-19(24)25)20(26)21-18-8-6-5-7-9-18/h5-9,16-17H,3-4,10-15H2,1-2H3,(H,21,26)(H,24,25). The first kappa shape index (κ1) is 20.2. The maximum atomic E-state index is 12.6. The molecule has 2 unspecified atom stereocenters. The third-order valence-corrected chi connectivity index (χ3v) is 5.35. The highest BCUT2D eigenvalue weighted by Gasteiger charge is 2.32. The summed E-state index contributed by atoms with van der Waals surface area (Å²) in [7, 11) is 0. The van der Waals surface area contributed by atoms with Gasteiger partial charge in [-0.3, -0.25) is 4.79 Å². The lowest BCUT2D eigenvalue weighted by molar-refractivity contribution is -0.139. The zero-order valence-electron chi connectivity index (χ0n) is 15.9. The number of carboxylic acid groups (broad SMARTS) is 1. The Balaban J connectivity index is 1.98. The number of likely N-dealkylation sites (tertiary alicyclic amines) is 1. The van der Waals surface area contributed by atoms with Crippen LogP contribution in [-0.4, -0.2) is 59.6 Å². The Labute approximate surface area is 156 Å². The van der Waals surface area contributed by atoms with E-state index in [1.807, 2.05) is 35.2 Å². The van der Waals surface area contributed by atoms with Crippen molar-refractivity contribution in [3.8, 4) is 0 Å². The van der Waals surface area contributed by atoms with Crippen molar-refractivity contribution in [3.05, 3.63) is 30.3 Å². The molecule has 6 heteroatoms. The maximum absolute atomic E-state index is 12.6. The molecular weight excluding hydrogens is 330 g/mol. The zero-order valence-corrected chi connectivity index (χ0v) is 15.9. The predicted octanol–water partition coefficient (Wildman–Crippen LogP) is 3.36. The molecule has 1 aliphatic rings.